The van der Waals surface area contributed by atoms with Gasteiger partial charge in [0.1, 0.15) is 18.6 Å². The van der Waals surface area contributed by atoms with Crippen LogP contribution < -0.4 is 10.2 Å². The molecule has 11 nitrogen and oxygen atoms in total. The average molecular weight is 446 g/mol. The number of halogens is 1. The van der Waals surface area contributed by atoms with Crippen LogP contribution in [0.5, 0.6) is 0 Å². The van der Waals surface area contributed by atoms with Gasteiger partial charge in [-0.05, 0) is 23.8 Å². The zero-order chi connectivity index (χ0) is 22.0. The van der Waals surface area contributed by atoms with E-state index in [1.54, 1.807) is 18.2 Å². The van der Waals surface area contributed by atoms with Gasteiger partial charge in [0.25, 0.3) is 11.4 Å². The highest BCUT2D eigenvalue weighted by Gasteiger charge is 2.33. The standard InChI is InChI=1S/C19H16ClN5O6/c1-29-16-15(30-8-11-2-4-12(5-3-11)25(27)28)13(31-19(16)26)6-7-24-10-23-14-17(20)21-9-22-18(14)24/h2-6,9,23H,7-8,10H2,1H3/b13-6-. The third-order valence-electron chi connectivity index (χ3n) is 4.58. The Kier molecular flexibility index (Phi) is 5.58. The highest BCUT2D eigenvalue weighted by Crippen LogP contribution is 2.34. The maximum Gasteiger partial charge on any atom is 0.383 e. The van der Waals surface area contributed by atoms with Gasteiger partial charge in [-0.2, -0.15) is 0 Å². The molecule has 1 aromatic heterocycles. The number of aromatic nitrogens is 2. The van der Waals surface area contributed by atoms with Crippen LogP contribution >= 0.6 is 11.6 Å². The predicted molar refractivity (Wildman–Crippen MR) is 109 cm³/mol. The van der Waals surface area contributed by atoms with E-state index in [1.807, 2.05) is 4.90 Å². The zero-order valence-corrected chi connectivity index (χ0v) is 17.0. The molecule has 160 valence electrons. The Balaban J connectivity index is 1.50. The Morgan fingerprint density at radius 3 is 2.81 bits per heavy atom. The van der Waals surface area contributed by atoms with Gasteiger partial charge in [-0.25, -0.2) is 14.8 Å². The predicted octanol–water partition coefficient (Wildman–Crippen LogP) is 2.74. The summed E-state index contributed by atoms with van der Waals surface area (Å²) in [6.07, 6.45) is 3.04. The molecule has 2 aliphatic rings. The largest absolute Gasteiger partial charge is 0.487 e. The average Bonchev–Trinajstić information content (AvgIpc) is 3.31. The van der Waals surface area contributed by atoms with Gasteiger partial charge in [0.2, 0.25) is 5.76 Å². The van der Waals surface area contributed by atoms with Crippen LogP contribution in [0.4, 0.5) is 17.2 Å². The number of hydrogen-bond acceptors (Lipinski definition) is 10. The summed E-state index contributed by atoms with van der Waals surface area (Å²) in [5.74, 6) is 0.262. The van der Waals surface area contributed by atoms with Crippen LogP contribution in [-0.2, 0) is 25.6 Å². The topological polar surface area (TPSA) is 129 Å². The van der Waals surface area contributed by atoms with E-state index in [0.717, 1.165) is 0 Å². The minimum absolute atomic E-state index is 0.0241. The smallest absolute Gasteiger partial charge is 0.383 e. The van der Waals surface area contributed by atoms with Crippen molar-refractivity contribution in [3.05, 3.63) is 74.8 Å². The lowest BCUT2D eigenvalue weighted by atomic mass is 10.2. The number of benzene rings is 1. The molecule has 1 aromatic carbocycles. The molecule has 0 aliphatic carbocycles. The molecule has 0 saturated carbocycles. The fourth-order valence-corrected chi connectivity index (χ4v) is 3.25. The molecule has 3 heterocycles. The van der Waals surface area contributed by atoms with Crippen LogP contribution in [0.3, 0.4) is 0 Å². The summed E-state index contributed by atoms with van der Waals surface area (Å²) < 4.78 is 16.2. The van der Waals surface area contributed by atoms with Crippen LogP contribution in [0.2, 0.25) is 5.15 Å². The van der Waals surface area contributed by atoms with Gasteiger partial charge >= 0.3 is 5.97 Å². The molecule has 0 unspecified atom stereocenters. The van der Waals surface area contributed by atoms with E-state index in [-0.39, 0.29) is 29.6 Å². The van der Waals surface area contributed by atoms with Gasteiger partial charge in [-0.1, -0.05) is 11.6 Å². The normalized spacial score (nSPS) is 16.3. The van der Waals surface area contributed by atoms with Crippen LogP contribution in [0.1, 0.15) is 5.56 Å². The molecular weight excluding hydrogens is 430 g/mol. The molecule has 2 aliphatic heterocycles. The van der Waals surface area contributed by atoms with Gasteiger partial charge in [-0.15, -0.1) is 0 Å². The molecule has 0 atom stereocenters. The van der Waals surface area contributed by atoms with E-state index < -0.39 is 10.9 Å². The maximum atomic E-state index is 12.1. The Morgan fingerprint density at radius 1 is 1.32 bits per heavy atom. The summed E-state index contributed by atoms with van der Waals surface area (Å²) >= 11 is 6.06. The third-order valence-corrected chi connectivity index (χ3v) is 4.86. The van der Waals surface area contributed by atoms with Crippen LogP contribution in [0.15, 0.2) is 53.9 Å². The molecule has 4 rings (SSSR count). The van der Waals surface area contributed by atoms with E-state index in [2.05, 4.69) is 15.3 Å². The number of esters is 1. The number of carbonyl (C=O) groups excluding carboxylic acids is 1. The van der Waals surface area contributed by atoms with Crippen molar-refractivity contribution in [1.82, 2.24) is 9.97 Å². The summed E-state index contributed by atoms with van der Waals surface area (Å²) in [5.41, 5.74) is 1.29. The highest BCUT2D eigenvalue weighted by atomic mass is 35.5. The molecule has 12 heteroatoms. The number of non-ortho nitro benzene ring substituents is 1. The van der Waals surface area contributed by atoms with Gasteiger partial charge in [-0.3, -0.25) is 10.1 Å². The van der Waals surface area contributed by atoms with E-state index in [4.69, 9.17) is 25.8 Å². The molecule has 0 fully saturated rings. The number of cyclic esters (lactones) is 1. The maximum absolute atomic E-state index is 12.1. The number of ether oxygens (including phenoxy) is 3. The van der Waals surface area contributed by atoms with Crippen molar-refractivity contribution in [2.75, 3.05) is 30.5 Å². The number of nitro groups is 1. The molecule has 0 amide bonds. The zero-order valence-electron chi connectivity index (χ0n) is 16.2. The van der Waals surface area contributed by atoms with Crippen LogP contribution in [0.25, 0.3) is 0 Å². The van der Waals surface area contributed by atoms with E-state index in [9.17, 15) is 14.9 Å². The van der Waals surface area contributed by atoms with Gasteiger partial charge < -0.3 is 24.4 Å². The monoisotopic (exact) mass is 445 g/mol. The first-order valence-electron chi connectivity index (χ1n) is 9.04. The second-order valence-corrected chi connectivity index (χ2v) is 6.81. The fraction of sp³-hybridized carbons (Fsp3) is 0.211. The number of fused-ring (bicyclic) bond motifs is 1. The lowest BCUT2D eigenvalue weighted by Crippen LogP contribution is -2.23. The summed E-state index contributed by atoms with van der Waals surface area (Å²) in [7, 11) is 1.34. The highest BCUT2D eigenvalue weighted by molar-refractivity contribution is 6.32. The van der Waals surface area contributed by atoms with Gasteiger partial charge in [0.15, 0.2) is 16.7 Å². The number of rotatable bonds is 7. The molecule has 0 bridgehead atoms. The number of nitrogens with zero attached hydrogens (tertiary/aromatic N) is 4. The Hall–Kier alpha value is -3.86. The van der Waals surface area contributed by atoms with Crippen molar-refractivity contribution in [2.24, 2.45) is 0 Å². The Bertz CT molecular complexity index is 1100. The van der Waals surface area contributed by atoms with E-state index in [1.165, 1.54) is 25.6 Å². The summed E-state index contributed by atoms with van der Waals surface area (Å²) in [4.78, 5) is 32.5. The van der Waals surface area contributed by atoms with Gasteiger partial charge in [0.05, 0.1) is 18.7 Å². The number of anilines is 2. The van der Waals surface area contributed by atoms with Crippen LogP contribution in [-0.4, -0.2) is 41.2 Å². The molecule has 0 saturated heterocycles. The lowest BCUT2D eigenvalue weighted by Gasteiger charge is -2.15. The molecular formula is C19H16ClN5O6. The van der Waals surface area contributed by atoms with Crippen molar-refractivity contribution in [3.63, 3.8) is 0 Å². The van der Waals surface area contributed by atoms with Crippen molar-refractivity contribution >= 4 is 34.8 Å². The van der Waals surface area contributed by atoms with E-state index in [0.29, 0.717) is 35.4 Å². The molecule has 0 radical (unpaired) electrons. The van der Waals surface area contributed by atoms with Crippen molar-refractivity contribution < 1.29 is 23.9 Å². The number of methoxy groups -OCH3 is 1. The fourth-order valence-electron chi connectivity index (χ4n) is 3.05. The summed E-state index contributed by atoms with van der Waals surface area (Å²) in [5, 5.41) is 14.2. The minimum Gasteiger partial charge on any atom is -0.487 e. The molecule has 1 N–H and O–H groups in total. The first-order chi connectivity index (χ1) is 15.0. The van der Waals surface area contributed by atoms with Gasteiger partial charge in [0, 0.05) is 18.7 Å². The van der Waals surface area contributed by atoms with E-state index >= 15 is 0 Å². The minimum atomic E-state index is -0.669. The van der Waals surface area contributed by atoms with Crippen molar-refractivity contribution in [1.29, 1.82) is 0 Å². The first-order valence-corrected chi connectivity index (χ1v) is 9.42. The number of nitrogens with one attached hydrogen (secondary N) is 1. The number of nitro benzene ring substituents is 1. The quantitative estimate of drug-likeness (QED) is 0.294. The first kappa shape index (κ1) is 20.4. The third kappa shape index (κ3) is 4.08. The lowest BCUT2D eigenvalue weighted by molar-refractivity contribution is -0.384. The second kappa shape index (κ2) is 8.48. The number of hydrogen-bond donors (Lipinski definition) is 1. The van der Waals surface area contributed by atoms with Crippen molar-refractivity contribution in [2.45, 2.75) is 6.61 Å². The summed E-state index contributed by atoms with van der Waals surface area (Å²) in [6.45, 7) is 0.855. The van der Waals surface area contributed by atoms with Crippen molar-refractivity contribution in [3.8, 4) is 0 Å². The second-order valence-electron chi connectivity index (χ2n) is 6.45. The van der Waals surface area contributed by atoms with Crippen LogP contribution in [0, 0.1) is 10.1 Å². The Morgan fingerprint density at radius 2 is 2.10 bits per heavy atom. The molecule has 31 heavy (non-hydrogen) atoms. The summed E-state index contributed by atoms with van der Waals surface area (Å²) in [6, 6.07) is 5.90. The number of carbonyl (C=O) groups is 1. The molecule has 2 aromatic rings. The molecule has 0 spiro atoms. The SMILES string of the molecule is COC1=C(OCc2ccc([N+](=O)[O-])cc2)/C(=C/CN2CNc3c(Cl)ncnc32)OC1=O. The Labute approximate surface area is 181 Å².